The number of carbonyl (C=O) groups excluding carboxylic acids is 2. The summed E-state index contributed by atoms with van der Waals surface area (Å²) >= 11 is 3.46. The van der Waals surface area contributed by atoms with Crippen LogP contribution in [0.15, 0.2) is 22.7 Å². The van der Waals surface area contributed by atoms with Gasteiger partial charge in [-0.1, -0.05) is 15.9 Å². The SMILES string of the molecule is CS(=O)(=O)NCCNC(=O)CN1CC2(CC2)c2cc(Br)ccc2C1=O. The Morgan fingerprint density at radius 2 is 2.04 bits per heavy atom. The number of sulfonamides is 1. The molecule has 0 radical (unpaired) electrons. The van der Waals surface area contributed by atoms with Crippen LogP contribution in [-0.4, -0.2) is 57.6 Å². The Balaban J connectivity index is 1.61. The molecule has 25 heavy (non-hydrogen) atoms. The maximum Gasteiger partial charge on any atom is 0.254 e. The number of nitrogens with one attached hydrogen (secondary N) is 2. The van der Waals surface area contributed by atoms with Crippen molar-refractivity contribution in [3.63, 3.8) is 0 Å². The van der Waals surface area contributed by atoms with Crippen molar-refractivity contribution in [1.29, 1.82) is 0 Å². The molecule has 0 bridgehead atoms. The van der Waals surface area contributed by atoms with Gasteiger partial charge in [-0.05, 0) is 36.6 Å². The highest BCUT2D eigenvalue weighted by Gasteiger charge is 2.51. The van der Waals surface area contributed by atoms with E-state index in [1.165, 1.54) is 0 Å². The van der Waals surface area contributed by atoms with Crippen LogP contribution >= 0.6 is 15.9 Å². The fourth-order valence-electron chi connectivity index (χ4n) is 3.21. The van der Waals surface area contributed by atoms with Crippen molar-refractivity contribution in [3.05, 3.63) is 33.8 Å². The summed E-state index contributed by atoms with van der Waals surface area (Å²) < 4.78 is 25.2. The second-order valence-corrected chi connectivity index (χ2v) is 9.40. The molecule has 3 rings (SSSR count). The molecule has 1 spiro atoms. The molecule has 7 nitrogen and oxygen atoms in total. The minimum atomic E-state index is -3.27. The molecule has 1 aromatic rings. The number of rotatable bonds is 6. The van der Waals surface area contributed by atoms with Crippen molar-refractivity contribution < 1.29 is 18.0 Å². The van der Waals surface area contributed by atoms with Gasteiger partial charge < -0.3 is 10.2 Å². The quantitative estimate of drug-likeness (QED) is 0.647. The Bertz CT molecular complexity index is 821. The highest BCUT2D eigenvalue weighted by Crippen LogP contribution is 2.52. The number of hydrogen-bond acceptors (Lipinski definition) is 4. The fourth-order valence-corrected chi connectivity index (χ4v) is 4.04. The van der Waals surface area contributed by atoms with E-state index in [-0.39, 0.29) is 36.9 Å². The lowest BCUT2D eigenvalue weighted by atomic mass is 9.86. The molecular formula is C16H20BrN3O4S. The number of hydrogen-bond donors (Lipinski definition) is 2. The third-order valence-electron chi connectivity index (χ3n) is 4.56. The number of amides is 2. The third-order valence-corrected chi connectivity index (χ3v) is 5.79. The second kappa shape index (κ2) is 6.69. The molecule has 0 unspecified atom stereocenters. The molecule has 2 amide bonds. The number of benzene rings is 1. The molecule has 136 valence electrons. The van der Waals surface area contributed by atoms with Gasteiger partial charge in [0, 0.05) is 35.1 Å². The molecule has 1 aromatic carbocycles. The molecule has 1 aliphatic carbocycles. The standard InChI is InChI=1S/C16H20BrN3O4S/c1-25(23,24)19-7-6-18-14(21)9-20-10-16(4-5-16)13-8-11(17)2-3-12(13)15(20)22/h2-3,8,19H,4-7,9-10H2,1H3,(H,18,21). The van der Waals surface area contributed by atoms with Crippen LogP contribution in [0.25, 0.3) is 0 Å². The van der Waals surface area contributed by atoms with Crippen molar-refractivity contribution in [2.75, 3.05) is 32.4 Å². The van der Waals surface area contributed by atoms with Crippen LogP contribution in [-0.2, 0) is 20.2 Å². The summed E-state index contributed by atoms with van der Waals surface area (Å²) in [7, 11) is -3.27. The lowest BCUT2D eigenvalue weighted by molar-refractivity contribution is -0.121. The zero-order valence-corrected chi connectivity index (χ0v) is 16.2. The summed E-state index contributed by atoms with van der Waals surface area (Å²) in [6, 6.07) is 5.66. The molecule has 1 heterocycles. The number of fused-ring (bicyclic) bond motifs is 2. The molecular weight excluding hydrogens is 410 g/mol. The molecule has 9 heteroatoms. The monoisotopic (exact) mass is 429 g/mol. The maximum absolute atomic E-state index is 12.7. The largest absolute Gasteiger partial charge is 0.353 e. The average Bonchev–Trinajstić information content (AvgIpc) is 3.29. The highest BCUT2D eigenvalue weighted by molar-refractivity contribution is 9.10. The van der Waals surface area contributed by atoms with E-state index in [0.29, 0.717) is 12.1 Å². The van der Waals surface area contributed by atoms with Gasteiger partial charge in [0.05, 0.1) is 12.8 Å². The normalized spacial score (nSPS) is 18.2. The summed E-state index contributed by atoms with van der Waals surface area (Å²) in [5, 5.41) is 2.64. The zero-order chi connectivity index (χ0) is 18.2. The van der Waals surface area contributed by atoms with E-state index in [9.17, 15) is 18.0 Å². The lowest BCUT2D eigenvalue weighted by Gasteiger charge is -2.34. The first-order valence-corrected chi connectivity index (χ1v) is 10.7. The van der Waals surface area contributed by atoms with E-state index in [4.69, 9.17) is 0 Å². The van der Waals surface area contributed by atoms with Crippen molar-refractivity contribution in [3.8, 4) is 0 Å². The molecule has 1 fully saturated rings. The van der Waals surface area contributed by atoms with Gasteiger partial charge in [-0.15, -0.1) is 0 Å². The van der Waals surface area contributed by atoms with E-state index >= 15 is 0 Å². The molecule has 1 aliphatic heterocycles. The van der Waals surface area contributed by atoms with Crippen LogP contribution in [0.1, 0.15) is 28.8 Å². The van der Waals surface area contributed by atoms with Gasteiger partial charge in [0.15, 0.2) is 0 Å². The topological polar surface area (TPSA) is 95.6 Å². The van der Waals surface area contributed by atoms with Gasteiger partial charge in [0.2, 0.25) is 15.9 Å². The molecule has 0 saturated heterocycles. The third kappa shape index (κ3) is 4.21. The van der Waals surface area contributed by atoms with E-state index in [1.807, 2.05) is 18.2 Å². The van der Waals surface area contributed by atoms with Crippen molar-refractivity contribution in [2.24, 2.45) is 0 Å². The first-order chi connectivity index (χ1) is 11.7. The predicted molar refractivity (Wildman–Crippen MR) is 96.8 cm³/mol. The fraction of sp³-hybridized carbons (Fsp3) is 0.500. The Labute approximate surface area is 155 Å². The van der Waals surface area contributed by atoms with Crippen molar-refractivity contribution >= 4 is 37.8 Å². The molecule has 2 N–H and O–H groups in total. The van der Waals surface area contributed by atoms with Gasteiger partial charge >= 0.3 is 0 Å². The molecule has 2 aliphatic rings. The Hall–Kier alpha value is -1.45. The Kier molecular flexibility index (Phi) is 4.91. The van der Waals surface area contributed by atoms with E-state index < -0.39 is 10.0 Å². The number of halogens is 1. The lowest BCUT2D eigenvalue weighted by Crippen LogP contribution is -2.48. The van der Waals surface area contributed by atoms with Crippen LogP contribution in [0.5, 0.6) is 0 Å². The summed E-state index contributed by atoms with van der Waals surface area (Å²) in [6.45, 7) is 0.835. The first-order valence-electron chi connectivity index (χ1n) is 8.01. The smallest absolute Gasteiger partial charge is 0.254 e. The van der Waals surface area contributed by atoms with Crippen LogP contribution < -0.4 is 10.0 Å². The Morgan fingerprint density at radius 3 is 2.68 bits per heavy atom. The maximum atomic E-state index is 12.7. The second-order valence-electron chi connectivity index (χ2n) is 6.65. The van der Waals surface area contributed by atoms with Gasteiger partial charge in [0.1, 0.15) is 0 Å². The first kappa shape index (κ1) is 18.3. The van der Waals surface area contributed by atoms with E-state index in [2.05, 4.69) is 26.0 Å². The predicted octanol–water partition coefficient (Wildman–Crippen LogP) is 0.602. The van der Waals surface area contributed by atoms with Crippen molar-refractivity contribution in [1.82, 2.24) is 14.9 Å². The van der Waals surface area contributed by atoms with Crippen molar-refractivity contribution in [2.45, 2.75) is 18.3 Å². The van der Waals surface area contributed by atoms with Gasteiger partial charge in [-0.3, -0.25) is 9.59 Å². The van der Waals surface area contributed by atoms with Crippen LogP contribution in [0.2, 0.25) is 0 Å². The van der Waals surface area contributed by atoms with Crippen LogP contribution in [0.4, 0.5) is 0 Å². The van der Waals surface area contributed by atoms with Crippen LogP contribution in [0, 0.1) is 0 Å². The Morgan fingerprint density at radius 1 is 1.32 bits per heavy atom. The summed E-state index contributed by atoms with van der Waals surface area (Å²) in [6.07, 6.45) is 3.09. The average molecular weight is 430 g/mol. The van der Waals surface area contributed by atoms with Gasteiger partial charge in [0.25, 0.3) is 5.91 Å². The van der Waals surface area contributed by atoms with Gasteiger partial charge in [-0.25, -0.2) is 13.1 Å². The molecule has 1 saturated carbocycles. The highest BCUT2D eigenvalue weighted by atomic mass is 79.9. The molecule has 0 atom stereocenters. The van der Waals surface area contributed by atoms with E-state index in [1.54, 1.807) is 4.90 Å². The zero-order valence-electron chi connectivity index (χ0n) is 13.8. The molecule has 0 aromatic heterocycles. The summed E-state index contributed by atoms with van der Waals surface area (Å²) in [5.74, 6) is -0.426. The summed E-state index contributed by atoms with van der Waals surface area (Å²) in [4.78, 5) is 26.4. The minimum Gasteiger partial charge on any atom is -0.353 e. The number of nitrogens with zero attached hydrogens (tertiary/aromatic N) is 1. The van der Waals surface area contributed by atoms with E-state index in [0.717, 1.165) is 29.1 Å². The summed E-state index contributed by atoms with van der Waals surface area (Å²) in [5.41, 5.74) is 1.71. The van der Waals surface area contributed by atoms with Crippen LogP contribution in [0.3, 0.4) is 0 Å². The minimum absolute atomic E-state index is 0.0189. The number of carbonyl (C=O) groups is 2. The van der Waals surface area contributed by atoms with Gasteiger partial charge in [-0.2, -0.15) is 0 Å².